The first-order valence-corrected chi connectivity index (χ1v) is 7.87. The minimum Gasteiger partial charge on any atom is -0.396 e. The zero-order chi connectivity index (χ0) is 14.8. The van der Waals surface area contributed by atoms with Gasteiger partial charge in [-0.2, -0.15) is 0 Å². The van der Waals surface area contributed by atoms with Crippen molar-refractivity contribution in [1.29, 1.82) is 0 Å². The van der Waals surface area contributed by atoms with Gasteiger partial charge >= 0.3 is 0 Å². The number of hydrogen-bond acceptors (Lipinski definition) is 3. The second-order valence-electron chi connectivity index (χ2n) is 6.49. The molecule has 0 fully saturated rings. The highest BCUT2D eigenvalue weighted by atomic mass is 16.3. The van der Waals surface area contributed by atoms with E-state index < -0.39 is 11.2 Å². The number of aliphatic hydroxyl groups excluding tert-OH is 1. The maximum atomic E-state index is 10.1. The molecule has 0 aliphatic heterocycles. The molecule has 3 heteroatoms. The molecule has 1 unspecified atom stereocenters. The number of unbranched alkanes of at least 4 members (excludes halogenated alkanes) is 8. The zero-order valence-corrected chi connectivity index (χ0v) is 13.1. The van der Waals surface area contributed by atoms with Crippen LogP contribution >= 0.6 is 0 Å². The summed E-state index contributed by atoms with van der Waals surface area (Å²) in [6.07, 6.45) is 11.1. The summed E-state index contributed by atoms with van der Waals surface area (Å²) in [7, 11) is 0. The third-order valence-corrected chi connectivity index (χ3v) is 4.14. The third kappa shape index (κ3) is 9.42. The molecule has 0 aromatic heterocycles. The normalized spacial score (nSPS) is 15.5. The molecule has 116 valence electrons. The summed E-state index contributed by atoms with van der Waals surface area (Å²) >= 11 is 0. The Morgan fingerprint density at radius 1 is 0.632 bits per heavy atom. The van der Waals surface area contributed by atoms with Crippen molar-refractivity contribution in [1.82, 2.24) is 0 Å². The Hall–Kier alpha value is -0.120. The molecule has 0 saturated heterocycles. The van der Waals surface area contributed by atoms with E-state index in [0.717, 1.165) is 25.7 Å². The minimum atomic E-state index is -1.03. The van der Waals surface area contributed by atoms with E-state index in [1.54, 1.807) is 20.8 Å². The zero-order valence-electron chi connectivity index (χ0n) is 13.1. The molecule has 0 saturated carbocycles. The molecule has 1 atom stereocenters. The highest BCUT2D eigenvalue weighted by Gasteiger charge is 2.36. The maximum Gasteiger partial charge on any atom is 0.0900 e. The predicted molar refractivity (Wildman–Crippen MR) is 80.2 cm³/mol. The molecule has 3 N–H and O–H groups in total. The SMILES string of the molecule is CC(C)(O)C(C)(O)CCCCCCCCCCCO. The fraction of sp³-hybridized carbons (Fsp3) is 1.00. The van der Waals surface area contributed by atoms with Crippen LogP contribution < -0.4 is 0 Å². The molecule has 0 rings (SSSR count). The fourth-order valence-corrected chi connectivity index (χ4v) is 2.12. The molecule has 3 nitrogen and oxygen atoms in total. The summed E-state index contributed by atoms with van der Waals surface area (Å²) < 4.78 is 0. The Labute approximate surface area is 119 Å². The Kier molecular flexibility index (Phi) is 9.67. The standard InChI is InChI=1S/C16H34O3/c1-15(2,18)16(3,19)13-11-9-7-5-4-6-8-10-12-14-17/h17-19H,4-14H2,1-3H3. The smallest absolute Gasteiger partial charge is 0.0900 e. The van der Waals surface area contributed by atoms with Crippen LogP contribution in [0.5, 0.6) is 0 Å². The number of rotatable bonds is 12. The second kappa shape index (κ2) is 9.73. The quantitative estimate of drug-likeness (QED) is 0.478. The van der Waals surface area contributed by atoms with Gasteiger partial charge in [0, 0.05) is 6.61 Å². The lowest BCUT2D eigenvalue weighted by atomic mass is 9.83. The summed E-state index contributed by atoms with van der Waals surface area (Å²) in [5.41, 5.74) is -2.02. The van der Waals surface area contributed by atoms with Gasteiger partial charge in [0.1, 0.15) is 0 Å². The van der Waals surface area contributed by atoms with Crippen molar-refractivity contribution in [3.8, 4) is 0 Å². The van der Waals surface area contributed by atoms with Crippen molar-refractivity contribution in [2.24, 2.45) is 0 Å². The Morgan fingerprint density at radius 3 is 1.37 bits per heavy atom. The van der Waals surface area contributed by atoms with Gasteiger partial charge < -0.3 is 15.3 Å². The summed E-state index contributed by atoms with van der Waals surface area (Å²) in [4.78, 5) is 0. The van der Waals surface area contributed by atoms with Gasteiger partial charge in [-0.15, -0.1) is 0 Å². The van der Waals surface area contributed by atoms with Gasteiger partial charge in [-0.3, -0.25) is 0 Å². The summed E-state index contributed by atoms with van der Waals surface area (Å²) in [6.45, 7) is 5.37. The predicted octanol–water partition coefficient (Wildman–Crippen LogP) is 3.40. The molecule has 0 aromatic rings. The molecule has 0 aromatic carbocycles. The van der Waals surface area contributed by atoms with Gasteiger partial charge in [0.15, 0.2) is 0 Å². The van der Waals surface area contributed by atoms with Crippen LogP contribution in [0.2, 0.25) is 0 Å². The van der Waals surface area contributed by atoms with Crippen LogP contribution in [0, 0.1) is 0 Å². The highest BCUT2D eigenvalue weighted by Crippen LogP contribution is 2.27. The van der Waals surface area contributed by atoms with Gasteiger partial charge in [0.05, 0.1) is 11.2 Å². The van der Waals surface area contributed by atoms with Crippen LogP contribution in [-0.4, -0.2) is 33.1 Å². The molecule has 0 spiro atoms. The van der Waals surface area contributed by atoms with Crippen molar-refractivity contribution in [3.63, 3.8) is 0 Å². The highest BCUT2D eigenvalue weighted by molar-refractivity contribution is 4.89. The van der Waals surface area contributed by atoms with Gasteiger partial charge in [-0.1, -0.05) is 51.4 Å². The number of aliphatic hydroxyl groups is 3. The van der Waals surface area contributed by atoms with E-state index in [-0.39, 0.29) is 0 Å². The van der Waals surface area contributed by atoms with Crippen molar-refractivity contribution < 1.29 is 15.3 Å². The average Bonchev–Trinajstić information content (AvgIpc) is 2.30. The van der Waals surface area contributed by atoms with Crippen LogP contribution in [0.3, 0.4) is 0 Å². The maximum absolute atomic E-state index is 10.1. The second-order valence-corrected chi connectivity index (χ2v) is 6.49. The number of hydrogen-bond donors (Lipinski definition) is 3. The molecule has 19 heavy (non-hydrogen) atoms. The largest absolute Gasteiger partial charge is 0.396 e. The first kappa shape index (κ1) is 18.9. The first-order valence-electron chi connectivity index (χ1n) is 7.87. The molecule has 0 heterocycles. The third-order valence-electron chi connectivity index (χ3n) is 4.14. The lowest BCUT2D eigenvalue weighted by Gasteiger charge is -2.35. The molecule has 0 bridgehead atoms. The van der Waals surface area contributed by atoms with Crippen LogP contribution in [-0.2, 0) is 0 Å². The average molecular weight is 274 g/mol. The van der Waals surface area contributed by atoms with E-state index in [2.05, 4.69) is 0 Å². The van der Waals surface area contributed by atoms with Crippen molar-refractivity contribution >= 4 is 0 Å². The lowest BCUT2D eigenvalue weighted by molar-refractivity contribution is -0.124. The fourth-order valence-electron chi connectivity index (χ4n) is 2.12. The van der Waals surface area contributed by atoms with Gasteiger partial charge in [-0.05, 0) is 33.6 Å². The minimum absolute atomic E-state index is 0.321. The van der Waals surface area contributed by atoms with Crippen LogP contribution in [0.1, 0.15) is 85.0 Å². The van der Waals surface area contributed by atoms with Crippen molar-refractivity contribution in [3.05, 3.63) is 0 Å². The van der Waals surface area contributed by atoms with Gasteiger partial charge in [0.25, 0.3) is 0 Å². The van der Waals surface area contributed by atoms with Crippen molar-refractivity contribution in [2.45, 2.75) is 96.2 Å². The van der Waals surface area contributed by atoms with Crippen LogP contribution in [0.25, 0.3) is 0 Å². The molecule has 0 radical (unpaired) electrons. The molecule has 0 amide bonds. The van der Waals surface area contributed by atoms with Gasteiger partial charge in [0.2, 0.25) is 0 Å². The summed E-state index contributed by atoms with van der Waals surface area (Å²) in [6, 6.07) is 0. The van der Waals surface area contributed by atoms with Gasteiger partial charge in [-0.25, -0.2) is 0 Å². The van der Waals surface area contributed by atoms with E-state index in [0.29, 0.717) is 13.0 Å². The monoisotopic (exact) mass is 274 g/mol. The van der Waals surface area contributed by atoms with Crippen molar-refractivity contribution in [2.75, 3.05) is 6.61 Å². The summed E-state index contributed by atoms with van der Waals surface area (Å²) in [5, 5.41) is 28.6. The van der Waals surface area contributed by atoms with E-state index >= 15 is 0 Å². The molecular weight excluding hydrogens is 240 g/mol. The molecule has 0 aliphatic carbocycles. The van der Waals surface area contributed by atoms with Crippen LogP contribution in [0.4, 0.5) is 0 Å². The van der Waals surface area contributed by atoms with E-state index in [9.17, 15) is 10.2 Å². The first-order chi connectivity index (χ1) is 8.81. The summed E-state index contributed by atoms with van der Waals surface area (Å²) in [5.74, 6) is 0. The Bertz CT molecular complexity index is 207. The van der Waals surface area contributed by atoms with Crippen LogP contribution in [0.15, 0.2) is 0 Å². The van der Waals surface area contributed by atoms with E-state index in [1.807, 2.05) is 0 Å². The van der Waals surface area contributed by atoms with E-state index in [4.69, 9.17) is 5.11 Å². The Morgan fingerprint density at radius 2 is 1.00 bits per heavy atom. The lowest BCUT2D eigenvalue weighted by Crippen LogP contribution is -2.47. The van der Waals surface area contributed by atoms with E-state index in [1.165, 1.54) is 32.1 Å². The Balaban J connectivity index is 3.37. The molecular formula is C16H34O3. The molecule has 0 aliphatic rings. The topological polar surface area (TPSA) is 60.7 Å².